The summed E-state index contributed by atoms with van der Waals surface area (Å²) in [5, 5.41) is 11.1. The van der Waals surface area contributed by atoms with E-state index in [0.29, 0.717) is 5.41 Å². The highest BCUT2D eigenvalue weighted by molar-refractivity contribution is 5.10. The topological polar surface area (TPSA) is 20.2 Å². The molecule has 0 radical (unpaired) electrons. The first-order chi connectivity index (χ1) is 7.70. The normalized spacial score (nSPS) is 46.1. The van der Waals surface area contributed by atoms with Crippen molar-refractivity contribution in [3.05, 3.63) is 0 Å². The molecule has 1 N–H and O–H groups in total. The molecule has 0 aromatic carbocycles. The first-order valence-electron chi connectivity index (χ1n) is 7.42. The van der Waals surface area contributed by atoms with Crippen molar-refractivity contribution in [2.45, 2.75) is 76.7 Å². The van der Waals surface area contributed by atoms with Gasteiger partial charge in [-0.2, -0.15) is 0 Å². The van der Waals surface area contributed by atoms with Crippen LogP contribution in [0.4, 0.5) is 0 Å². The summed E-state index contributed by atoms with van der Waals surface area (Å²) in [5.41, 5.74) is 0.0240. The average Bonchev–Trinajstić information content (AvgIpc) is 2.90. The second-order valence-corrected chi connectivity index (χ2v) is 6.68. The molecule has 0 heterocycles. The maximum atomic E-state index is 11.1. The van der Waals surface area contributed by atoms with Crippen LogP contribution >= 0.6 is 0 Å². The molecule has 3 unspecified atom stereocenters. The highest BCUT2D eigenvalue weighted by Gasteiger charge is 2.59. The van der Waals surface area contributed by atoms with Crippen molar-refractivity contribution in [1.29, 1.82) is 0 Å². The van der Waals surface area contributed by atoms with Crippen LogP contribution in [0.15, 0.2) is 0 Å². The molecule has 3 rings (SSSR count). The fourth-order valence-electron chi connectivity index (χ4n) is 5.41. The van der Waals surface area contributed by atoms with Crippen LogP contribution in [-0.2, 0) is 0 Å². The molecule has 0 amide bonds. The molecule has 1 nitrogen and oxygen atoms in total. The van der Waals surface area contributed by atoms with Gasteiger partial charge in [0.05, 0.1) is 5.60 Å². The van der Waals surface area contributed by atoms with Gasteiger partial charge in [0, 0.05) is 5.41 Å². The van der Waals surface area contributed by atoms with Crippen molar-refractivity contribution in [2.75, 3.05) is 0 Å². The Labute approximate surface area is 99.6 Å². The van der Waals surface area contributed by atoms with E-state index in [1.807, 2.05) is 0 Å². The molecule has 2 bridgehead atoms. The maximum Gasteiger partial charge on any atom is 0.0706 e. The molecule has 92 valence electrons. The number of aliphatic hydroxyl groups is 1. The van der Waals surface area contributed by atoms with Gasteiger partial charge in [-0.25, -0.2) is 0 Å². The Bertz CT molecular complexity index is 267. The molecule has 1 heteroatoms. The first-order valence-corrected chi connectivity index (χ1v) is 7.42. The molecule has 0 spiro atoms. The lowest BCUT2D eigenvalue weighted by Crippen LogP contribution is -2.52. The lowest BCUT2D eigenvalue weighted by Gasteiger charge is -2.52. The number of hydrogen-bond acceptors (Lipinski definition) is 1. The van der Waals surface area contributed by atoms with Crippen molar-refractivity contribution in [2.24, 2.45) is 17.3 Å². The minimum atomic E-state index is -0.292. The summed E-state index contributed by atoms with van der Waals surface area (Å²) in [5.74, 6) is 1.81. The van der Waals surface area contributed by atoms with Crippen LogP contribution in [0.2, 0.25) is 0 Å². The fraction of sp³-hybridized carbons (Fsp3) is 1.00. The Balaban J connectivity index is 1.89. The van der Waals surface area contributed by atoms with Crippen LogP contribution in [0.25, 0.3) is 0 Å². The van der Waals surface area contributed by atoms with E-state index in [2.05, 4.69) is 6.92 Å². The summed E-state index contributed by atoms with van der Waals surface area (Å²) < 4.78 is 0. The Hall–Kier alpha value is -0.0400. The highest BCUT2D eigenvalue weighted by Crippen LogP contribution is 2.64. The van der Waals surface area contributed by atoms with Gasteiger partial charge in [-0.3, -0.25) is 0 Å². The molecule has 0 saturated heterocycles. The molecule has 16 heavy (non-hydrogen) atoms. The van der Waals surface area contributed by atoms with Crippen LogP contribution in [0.5, 0.6) is 0 Å². The lowest BCUT2D eigenvalue weighted by molar-refractivity contribution is -0.138. The molecule has 3 fully saturated rings. The predicted octanol–water partition coefficient (Wildman–Crippen LogP) is 3.90. The molecular formula is C15H26O. The quantitative estimate of drug-likeness (QED) is 0.751. The van der Waals surface area contributed by atoms with E-state index in [1.165, 1.54) is 51.4 Å². The molecule has 0 aromatic rings. The molecule has 0 aliphatic heterocycles. The van der Waals surface area contributed by atoms with Crippen molar-refractivity contribution in [1.82, 2.24) is 0 Å². The molecule has 3 aliphatic carbocycles. The van der Waals surface area contributed by atoms with Gasteiger partial charge in [-0.05, 0) is 50.4 Å². The molecule has 3 atom stereocenters. The Kier molecular flexibility index (Phi) is 2.58. The number of fused-ring (bicyclic) bond motifs is 2. The van der Waals surface area contributed by atoms with Gasteiger partial charge >= 0.3 is 0 Å². The van der Waals surface area contributed by atoms with Crippen molar-refractivity contribution < 1.29 is 5.11 Å². The van der Waals surface area contributed by atoms with Gasteiger partial charge in [0.2, 0.25) is 0 Å². The van der Waals surface area contributed by atoms with E-state index >= 15 is 0 Å². The monoisotopic (exact) mass is 222 g/mol. The van der Waals surface area contributed by atoms with Crippen molar-refractivity contribution >= 4 is 0 Å². The standard InChI is InChI=1S/C15H26O/c1-2-14(11-12-6-7-13(14)10-12)15(16)8-4-3-5-9-15/h12-13,16H,2-11H2,1H3. The van der Waals surface area contributed by atoms with Gasteiger partial charge in [0.15, 0.2) is 0 Å². The third-order valence-corrected chi connectivity index (χ3v) is 6.21. The summed E-state index contributed by atoms with van der Waals surface area (Å²) in [7, 11) is 0. The summed E-state index contributed by atoms with van der Waals surface area (Å²) in [6.07, 6.45) is 12.9. The maximum absolute atomic E-state index is 11.1. The van der Waals surface area contributed by atoms with E-state index in [9.17, 15) is 5.11 Å². The van der Waals surface area contributed by atoms with Gasteiger partial charge < -0.3 is 5.11 Å². The Morgan fingerprint density at radius 3 is 2.38 bits per heavy atom. The average molecular weight is 222 g/mol. The van der Waals surface area contributed by atoms with Gasteiger partial charge in [-0.15, -0.1) is 0 Å². The SMILES string of the molecule is CCC1(C2(O)CCCCC2)CC2CCC1C2. The minimum absolute atomic E-state index is 0.292. The third-order valence-electron chi connectivity index (χ3n) is 6.21. The van der Waals surface area contributed by atoms with Crippen LogP contribution in [-0.4, -0.2) is 10.7 Å². The van der Waals surface area contributed by atoms with Crippen molar-refractivity contribution in [3.8, 4) is 0 Å². The van der Waals surface area contributed by atoms with Gasteiger partial charge in [-0.1, -0.05) is 32.6 Å². The highest BCUT2D eigenvalue weighted by atomic mass is 16.3. The molecular weight excluding hydrogens is 196 g/mol. The third kappa shape index (κ3) is 1.33. The van der Waals surface area contributed by atoms with Crippen LogP contribution in [0.1, 0.15) is 71.1 Å². The largest absolute Gasteiger partial charge is 0.389 e. The predicted molar refractivity (Wildman–Crippen MR) is 66.2 cm³/mol. The van der Waals surface area contributed by atoms with Crippen LogP contribution < -0.4 is 0 Å². The lowest BCUT2D eigenvalue weighted by atomic mass is 9.57. The van der Waals surface area contributed by atoms with Gasteiger partial charge in [0.1, 0.15) is 0 Å². The summed E-state index contributed by atoms with van der Waals surface area (Å²) in [6.45, 7) is 2.33. The van der Waals surface area contributed by atoms with Crippen molar-refractivity contribution in [3.63, 3.8) is 0 Å². The second kappa shape index (κ2) is 3.73. The Morgan fingerprint density at radius 2 is 1.88 bits per heavy atom. The molecule has 0 aromatic heterocycles. The van der Waals surface area contributed by atoms with Gasteiger partial charge in [0.25, 0.3) is 0 Å². The first kappa shape index (κ1) is 11.1. The minimum Gasteiger partial charge on any atom is -0.389 e. The van der Waals surface area contributed by atoms with Crippen LogP contribution in [0, 0.1) is 17.3 Å². The zero-order valence-electron chi connectivity index (χ0n) is 10.7. The zero-order chi connectivity index (χ0) is 11.2. The second-order valence-electron chi connectivity index (χ2n) is 6.68. The van der Waals surface area contributed by atoms with E-state index in [0.717, 1.165) is 24.7 Å². The van der Waals surface area contributed by atoms with E-state index in [4.69, 9.17) is 0 Å². The van der Waals surface area contributed by atoms with E-state index in [-0.39, 0.29) is 5.60 Å². The summed E-state index contributed by atoms with van der Waals surface area (Å²) >= 11 is 0. The Morgan fingerprint density at radius 1 is 1.12 bits per heavy atom. The van der Waals surface area contributed by atoms with E-state index in [1.54, 1.807) is 0 Å². The smallest absolute Gasteiger partial charge is 0.0706 e. The number of hydrogen-bond donors (Lipinski definition) is 1. The molecule has 3 aliphatic rings. The zero-order valence-corrected chi connectivity index (χ0v) is 10.7. The summed E-state index contributed by atoms with van der Waals surface area (Å²) in [6, 6.07) is 0. The van der Waals surface area contributed by atoms with E-state index < -0.39 is 0 Å². The molecule has 3 saturated carbocycles. The fourth-order valence-corrected chi connectivity index (χ4v) is 5.41. The number of rotatable bonds is 2. The van der Waals surface area contributed by atoms with Crippen LogP contribution in [0.3, 0.4) is 0 Å². The summed E-state index contributed by atoms with van der Waals surface area (Å²) in [4.78, 5) is 0.